The van der Waals surface area contributed by atoms with Gasteiger partial charge in [0.25, 0.3) is 0 Å². The third-order valence-electron chi connectivity index (χ3n) is 25.8. The van der Waals surface area contributed by atoms with Gasteiger partial charge in [0.15, 0.2) is 26.3 Å². The highest BCUT2D eigenvalue weighted by Gasteiger charge is 2.33. The second-order valence-electron chi connectivity index (χ2n) is 36.0. The Morgan fingerprint density at radius 3 is 0.791 bits per heavy atom. The molecule has 19 heterocycles. The average Bonchev–Trinajstić information content (AvgIpc) is 1.62. The van der Waals surface area contributed by atoms with Crippen LogP contribution >= 0.6 is 56.9 Å². The zero-order chi connectivity index (χ0) is 103. The molecule has 0 bridgehead atoms. The Morgan fingerprint density at radius 1 is 0.338 bits per heavy atom. The minimum Gasteiger partial charge on any atom is -0.389 e. The van der Waals surface area contributed by atoms with E-state index < -0.39 is 0 Å². The third kappa shape index (κ3) is 19.7. The monoisotopic (exact) mass is 2050 g/mol. The van der Waals surface area contributed by atoms with Crippen LogP contribution in [0.2, 0.25) is 5.28 Å². The lowest BCUT2D eigenvalue weighted by Crippen LogP contribution is -2.56. The van der Waals surface area contributed by atoms with Crippen molar-refractivity contribution in [3.8, 4) is 114 Å². The number of nitrogens with zero attached hydrogens (tertiary/aromatic N) is 31. The summed E-state index contributed by atoms with van der Waals surface area (Å²) in [6, 6.07) is 57.8. The quantitative estimate of drug-likeness (QED) is 0.0562. The highest BCUT2D eigenvalue weighted by atomic mass is 35.5. The molecule has 34 nitrogen and oxygen atoms in total. The van der Waals surface area contributed by atoms with Crippen LogP contribution in [0.15, 0.2) is 220 Å². The van der Waals surface area contributed by atoms with E-state index in [4.69, 9.17) is 57.2 Å². The highest BCUT2D eigenvalue weighted by Crippen LogP contribution is 2.45. The number of pyridine rings is 4. The molecule has 39 heteroatoms. The standard InChI is InChI=1S/C28H27N9S.C28H26N8OS.C28H24N8OS.C25H20ClN7S/c1-4-22-26(35(3)28-34-25(23(11-29)38-28)18-7-5-17(2)6-8-18)37-14-19(9-10-24(37)33-22)20-12-31-27(32-13-20)36-15-21(30)16-36;2*1-4-22-26(34(3)28-33-25(23(11-29)38-28)18-7-5-17(2)6-8-18)36-14-19(9-10-24(36)32-22)20-12-30-27(31-13-20)35-15-21(37)16-35;1-4-19-23(33-14-17(9-10-21(33)30-19)18-12-28-24(26)29-13-18)32(3)25-31-22(20(11-27)34-25)16-7-5-15(2)6-8-16/h5-10,12-14,21H,4,15-16,30H2,1-3H3;5-10,12-14,21,37H,4,15-16H2,1-3H3;5-10,12-14H,4,15-16H2,1-3H3;5-10,12-14H,4H2,1-3H3. The van der Waals surface area contributed by atoms with Crippen molar-refractivity contribution in [3.63, 3.8) is 0 Å². The van der Waals surface area contributed by atoms with Gasteiger partial charge in [-0.2, -0.15) is 21.0 Å². The molecule has 4 aromatic carbocycles. The molecule has 3 aliphatic rings. The van der Waals surface area contributed by atoms with Crippen LogP contribution in [-0.2, 0) is 30.5 Å². The van der Waals surface area contributed by atoms with Crippen molar-refractivity contribution < 1.29 is 9.90 Å². The van der Waals surface area contributed by atoms with Crippen molar-refractivity contribution in [1.29, 1.82) is 21.0 Å². The zero-order valence-corrected chi connectivity index (χ0v) is 86.8. The van der Waals surface area contributed by atoms with Gasteiger partial charge in [-0.25, -0.2) is 79.7 Å². The summed E-state index contributed by atoms with van der Waals surface area (Å²) in [6.45, 7) is 19.9. The fourth-order valence-electron chi connectivity index (χ4n) is 17.7. The molecule has 23 rings (SSSR count). The first-order valence-corrected chi connectivity index (χ1v) is 51.5. The molecule has 0 atom stereocenters. The van der Waals surface area contributed by atoms with E-state index in [2.05, 4.69) is 116 Å². The number of nitriles is 4. The summed E-state index contributed by atoms with van der Waals surface area (Å²) in [5.41, 5.74) is 31.5. The first kappa shape index (κ1) is 98.3. The molecule has 16 aromatic heterocycles. The van der Waals surface area contributed by atoms with Gasteiger partial charge in [0.1, 0.15) is 112 Å². The molecule has 0 spiro atoms. The predicted molar refractivity (Wildman–Crippen MR) is 583 cm³/mol. The molecule has 0 aliphatic carbocycles. The second kappa shape index (κ2) is 41.9. The Hall–Kier alpha value is -17.1. The smallest absolute Gasteiger partial charge is 0.226 e. The number of carbonyl (C=O) groups is 1. The number of carbonyl (C=O) groups excluding carboxylic acids is 1. The molecule has 20 aromatic rings. The number of aromatic nitrogens is 20. The molecule has 3 aliphatic heterocycles. The van der Waals surface area contributed by atoms with Crippen LogP contribution < -0.4 is 40.0 Å². The SMILES string of the molecule is CCc1nc2ccc(-c3cnc(Cl)nc3)cn2c1N(C)c1nc(-c2ccc(C)cc2)c(C#N)s1.CCc1nc2ccc(-c3cnc(N4CC(=O)C4)nc3)cn2c1N(C)c1nc(-c2ccc(C)cc2)c(C#N)s1.CCc1nc2ccc(-c3cnc(N4CC(N)C4)nc3)cn2c1N(C)c1nc(-c2ccc(C)cc2)c(C#N)s1.CCc1nc2ccc(-c3cnc(N4CC(O)C4)nc3)cn2c1N(C)c1nc(-c2ccc(C)cc2)c(C#N)s1. The first-order chi connectivity index (χ1) is 71.8. The first-order valence-electron chi connectivity index (χ1n) is 47.9. The number of aliphatic hydroxyl groups is 1. The van der Waals surface area contributed by atoms with Gasteiger partial charge in [-0.3, -0.25) is 22.4 Å². The van der Waals surface area contributed by atoms with Crippen LogP contribution in [0.25, 0.3) is 112 Å². The molecular weight excluding hydrogens is 1950 g/mol. The van der Waals surface area contributed by atoms with E-state index in [1.54, 1.807) is 24.8 Å². The number of imidazole rings is 4. The van der Waals surface area contributed by atoms with Crippen LogP contribution in [0.4, 0.5) is 61.6 Å². The normalized spacial score (nSPS) is 12.8. The van der Waals surface area contributed by atoms with Crippen molar-refractivity contribution in [2.24, 2.45) is 5.73 Å². The number of anilines is 11. The number of halogens is 1. The van der Waals surface area contributed by atoms with Crippen LogP contribution in [0, 0.1) is 73.0 Å². The van der Waals surface area contributed by atoms with Gasteiger partial charge in [0.2, 0.25) is 23.1 Å². The maximum Gasteiger partial charge on any atom is 0.226 e. The molecule has 3 saturated heterocycles. The number of β-amino-alcohol motifs (C(OH)–C–C–N with tert-alkyl or cyclic N) is 1. The van der Waals surface area contributed by atoms with Crippen molar-refractivity contribution in [3.05, 3.63) is 290 Å². The average molecular weight is 2050 g/mol. The Bertz CT molecular complexity index is 8290. The summed E-state index contributed by atoms with van der Waals surface area (Å²) in [4.78, 5) is 102. The molecule has 0 saturated carbocycles. The predicted octanol–water partition coefficient (Wildman–Crippen LogP) is 20.1. The molecule has 736 valence electrons. The Balaban J connectivity index is 0.000000120. The second-order valence-corrected chi connectivity index (χ2v) is 40.3. The van der Waals surface area contributed by atoms with Gasteiger partial charge in [0, 0.05) is 202 Å². The lowest BCUT2D eigenvalue weighted by atomic mass is 10.1. The number of hydrogen-bond acceptors (Lipinski definition) is 34. The van der Waals surface area contributed by atoms with E-state index in [9.17, 15) is 30.9 Å². The topological polar surface area (TPSA) is 405 Å². The van der Waals surface area contributed by atoms with E-state index in [0.717, 1.165) is 211 Å². The number of thiazole rings is 4. The highest BCUT2D eigenvalue weighted by molar-refractivity contribution is 7.17. The van der Waals surface area contributed by atoms with Gasteiger partial charge in [-0.1, -0.05) is 192 Å². The van der Waals surface area contributed by atoms with E-state index in [-0.39, 0.29) is 23.2 Å². The fourth-order valence-corrected chi connectivity index (χ4v) is 21.1. The van der Waals surface area contributed by atoms with Crippen molar-refractivity contribution in [2.45, 2.75) is 93.2 Å². The van der Waals surface area contributed by atoms with Crippen molar-refractivity contribution >= 4 is 147 Å². The molecule has 3 N–H and O–H groups in total. The summed E-state index contributed by atoms with van der Waals surface area (Å²) in [7, 11) is 7.86. The fraction of sp³-hybridized carbons (Fsp3) is 0.220. The summed E-state index contributed by atoms with van der Waals surface area (Å²) in [6.07, 6.45) is 25.1. The molecule has 0 unspecified atom stereocenters. The van der Waals surface area contributed by atoms with Gasteiger partial charge in [-0.05, 0) is 114 Å². The van der Waals surface area contributed by atoms with Crippen LogP contribution in [0.1, 0.15) is 92.2 Å². The number of hydrogen-bond donors (Lipinski definition) is 2. The zero-order valence-electron chi connectivity index (χ0n) is 82.8. The maximum atomic E-state index is 11.3. The molecule has 0 amide bonds. The summed E-state index contributed by atoms with van der Waals surface area (Å²) < 4.78 is 8.24. The van der Waals surface area contributed by atoms with E-state index >= 15 is 0 Å². The Morgan fingerprint density at radius 2 is 0.568 bits per heavy atom. The summed E-state index contributed by atoms with van der Waals surface area (Å²) in [5.74, 6) is 5.71. The van der Waals surface area contributed by atoms with E-state index in [1.165, 1.54) is 50.9 Å². The van der Waals surface area contributed by atoms with E-state index in [0.29, 0.717) is 86.3 Å². The minimum absolute atomic E-state index is 0.194. The number of nitrogens with two attached hydrogens (primary N) is 1. The summed E-state index contributed by atoms with van der Waals surface area (Å²) >= 11 is 11.4. The van der Waals surface area contributed by atoms with Crippen molar-refractivity contribution in [2.75, 3.05) is 102 Å². The number of fused-ring (bicyclic) bond motifs is 4. The maximum absolute atomic E-state index is 11.3. The number of benzene rings is 4. The van der Waals surface area contributed by atoms with E-state index in [1.807, 2.05) is 279 Å². The molecular formula is C109H97ClN32O2S4. The molecule has 0 radical (unpaired) electrons. The van der Waals surface area contributed by atoms with Gasteiger partial charge >= 0.3 is 0 Å². The Kier molecular flexibility index (Phi) is 27.9. The number of aliphatic hydroxyl groups excluding tert-OH is 1. The van der Waals surface area contributed by atoms with Crippen molar-refractivity contribution in [1.82, 2.24) is 97.3 Å². The molecule has 148 heavy (non-hydrogen) atoms. The van der Waals surface area contributed by atoms with Crippen LogP contribution in [0.3, 0.4) is 0 Å². The Labute approximate surface area is 873 Å². The summed E-state index contributed by atoms with van der Waals surface area (Å²) in [5, 5.41) is 52.0. The van der Waals surface area contributed by atoms with Gasteiger partial charge < -0.3 is 45.1 Å². The lowest BCUT2D eigenvalue weighted by molar-refractivity contribution is -0.119. The van der Waals surface area contributed by atoms with Crippen LogP contribution in [-0.4, -0.2) is 188 Å². The third-order valence-corrected chi connectivity index (χ3v) is 30.1. The number of Topliss-reactive ketones (excluding diaryl/α,β-unsaturated/α-hetero) is 1. The number of aryl methyl sites for hydroxylation is 8. The van der Waals surface area contributed by atoms with Gasteiger partial charge in [-0.15, -0.1) is 0 Å². The molecule has 3 fully saturated rings. The largest absolute Gasteiger partial charge is 0.389 e. The number of ketones is 1. The van der Waals surface area contributed by atoms with Gasteiger partial charge in [0.05, 0.1) is 42.0 Å². The number of rotatable bonds is 23. The lowest BCUT2D eigenvalue weighted by Gasteiger charge is -2.36. The minimum atomic E-state index is -0.305. The van der Waals surface area contributed by atoms with Crippen LogP contribution in [0.5, 0.6) is 0 Å².